The molecule has 1 saturated heterocycles. The van der Waals surface area contributed by atoms with Crippen LogP contribution in [0.4, 0.5) is 4.39 Å². The molecule has 0 radical (unpaired) electrons. The van der Waals surface area contributed by atoms with Crippen molar-refractivity contribution in [3.63, 3.8) is 0 Å². The fourth-order valence-electron chi connectivity index (χ4n) is 3.86. The molecule has 7 nitrogen and oxygen atoms in total. The molecule has 1 aromatic carbocycles. The van der Waals surface area contributed by atoms with Gasteiger partial charge in [-0.05, 0) is 29.8 Å². The number of rotatable bonds is 7. The lowest BCUT2D eigenvalue weighted by Crippen LogP contribution is -2.46. The maximum absolute atomic E-state index is 13.4. The highest BCUT2D eigenvalue weighted by Crippen LogP contribution is 2.21. The highest BCUT2D eigenvalue weighted by atomic mass is 19.1. The van der Waals surface area contributed by atoms with Gasteiger partial charge in [0, 0.05) is 52.0 Å². The van der Waals surface area contributed by atoms with E-state index in [4.69, 9.17) is 4.74 Å². The average Bonchev–Trinajstić information content (AvgIpc) is 3.22. The van der Waals surface area contributed by atoms with Crippen molar-refractivity contribution in [1.29, 1.82) is 0 Å². The summed E-state index contributed by atoms with van der Waals surface area (Å²) in [6.07, 6.45) is 4.85. The van der Waals surface area contributed by atoms with Gasteiger partial charge in [0.2, 0.25) is 0 Å². The molecule has 3 aromatic rings. The third-order valence-corrected chi connectivity index (χ3v) is 5.52. The third-order valence-electron chi connectivity index (χ3n) is 5.52. The number of nitrogens with one attached hydrogen (secondary N) is 2. The fraction of sp³-hybridized carbons (Fsp3) is 0.391. The van der Waals surface area contributed by atoms with Crippen LogP contribution >= 0.6 is 0 Å². The molecular formula is C23H29FN6O. The smallest absolute Gasteiger partial charge is 0.191 e. The highest BCUT2D eigenvalue weighted by Gasteiger charge is 2.23. The second-order valence-electron chi connectivity index (χ2n) is 7.54. The Morgan fingerprint density at radius 1 is 1.16 bits per heavy atom. The summed E-state index contributed by atoms with van der Waals surface area (Å²) in [4.78, 5) is 11.4. The average molecular weight is 425 g/mol. The molecule has 164 valence electrons. The summed E-state index contributed by atoms with van der Waals surface area (Å²) in [5, 5.41) is 6.80. The number of halogens is 1. The summed E-state index contributed by atoms with van der Waals surface area (Å²) in [5.74, 6) is 0.519. The first-order valence-corrected chi connectivity index (χ1v) is 10.7. The lowest BCUT2D eigenvalue weighted by Gasteiger charge is -2.35. The van der Waals surface area contributed by atoms with Crippen molar-refractivity contribution in [2.24, 2.45) is 4.99 Å². The molecule has 0 saturated carbocycles. The van der Waals surface area contributed by atoms with Crippen LogP contribution in [0.3, 0.4) is 0 Å². The number of hydrogen-bond donors (Lipinski definition) is 2. The summed E-state index contributed by atoms with van der Waals surface area (Å²) in [6.45, 7) is 4.52. The maximum Gasteiger partial charge on any atom is 0.191 e. The van der Waals surface area contributed by atoms with Gasteiger partial charge in [-0.2, -0.15) is 0 Å². The third kappa shape index (κ3) is 5.59. The molecule has 0 bridgehead atoms. The molecule has 4 rings (SSSR count). The summed E-state index contributed by atoms with van der Waals surface area (Å²) in [7, 11) is 1.77. The first-order chi connectivity index (χ1) is 15.2. The number of benzene rings is 1. The van der Waals surface area contributed by atoms with Gasteiger partial charge in [-0.3, -0.25) is 9.89 Å². The van der Waals surface area contributed by atoms with Crippen LogP contribution in [0.5, 0.6) is 0 Å². The molecule has 2 aromatic heterocycles. The number of hydrogen-bond acceptors (Lipinski definition) is 4. The molecule has 3 heterocycles. The van der Waals surface area contributed by atoms with Gasteiger partial charge < -0.3 is 19.8 Å². The van der Waals surface area contributed by atoms with E-state index >= 15 is 0 Å². The number of imidazole rings is 1. The lowest BCUT2D eigenvalue weighted by molar-refractivity contribution is 0.0170. The van der Waals surface area contributed by atoms with Crippen molar-refractivity contribution >= 4 is 11.6 Å². The van der Waals surface area contributed by atoms with E-state index in [0.717, 1.165) is 48.9 Å². The first kappa shape index (κ1) is 21.3. The second kappa shape index (κ2) is 10.4. The Bertz CT molecular complexity index is 964. The van der Waals surface area contributed by atoms with E-state index < -0.39 is 0 Å². The standard InChI is InChI=1S/C23H29FN6O/c1-25-23(26-10-9-20-17-30-11-3-2-4-22(30)28-20)27-16-21(29-12-14-31-15-13-29)18-5-7-19(24)8-6-18/h2-8,11,17,21H,9-10,12-16H2,1H3,(H2,25,26,27). The van der Waals surface area contributed by atoms with Gasteiger partial charge in [0.05, 0.1) is 24.9 Å². The van der Waals surface area contributed by atoms with E-state index in [-0.39, 0.29) is 11.9 Å². The normalized spacial score (nSPS) is 16.4. The van der Waals surface area contributed by atoms with Crippen LogP contribution in [-0.4, -0.2) is 66.7 Å². The predicted octanol–water partition coefficient (Wildman–Crippen LogP) is 2.25. The molecule has 1 unspecified atom stereocenters. The van der Waals surface area contributed by atoms with E-state index in [1.807, 2.05) is 40.9 Å². The van der Waals surface area contributed by atoms with Crippen LogP contribution in [0.15, 0.2) is 59.9 Å². The van der Waals surface area contributed by atoms with Crippen LogP contribution in [-0.2, 0) is 11.2 Å². The zero-order valence-electron chi connectivity index (χ0n) is 17.8. The number of nitrogens with zero attached hydrogens (tertiary/aromatic N) is 4. The Morgan fingerprint density at radius 2 is 1.97 bits per heavy atom. The van der Waals surface area contributed by atoms with Crippen molar-refractivity contribution in [1.82, 2.24) is 24.9 Å². The van der Waals surface area contributed by atoms with E-state index in [1.165, 1.54) is 12.1 Å². The minimum Gasteiger partial charge on any atom is -0.379 e. The minimum absolute atomic E-state index is 0.112. The Kier molecular flexibility index (Phi) is 7.11. The number of morpholine rings is 1. The number of ether oxygens (including phenoxy) is 1. The summed E-state index contributed by atoms with van der Waals surface area (Å²) >= 11 is 0. The van der Waals surface area contributed by atoms with Gasteiger partial charge in [-0.1, -0.05) is 18.2 Å². The van der Waals surface area contributed by atoms with Gasteiger partial charge >= 0.3 is 0 Å². The molecule has 0 aliphatic carbocycles. The van der Waals surface area contributed by atoms with Crippen LogP contribution in [0.2, 0.25) is 0 Å². The van der Waals surface area contributed by atoms with E-state index in [0.29, 0.717) is 19.8 Å². The van der Waals surface area contributed by atoms with E-state index in [2.05, 4.69) is 31.7 Å². The Labute approximate surface area is 182 Å². The molecule has 0 spiro atoms. The zero-order valence-corrected chi connectivity index (χ0v) is 17.8. The molecule has 1 aliphatic heterocycles. The van der Waals surface area contributed by atoms with Crippen molar-refractivity contribution in [3.8, 4) is 0 Å². The molecule has 1 aliphatic rings. The van der Waals surface area contributed by atoms with Crippen LogP contribution < -0.4 is 10.6 Å². The van der Waals surface area contributed by atoms with Gasteiger partial charge in [0.25, 0.3) is 0 Å². The van der Waals surface area contributed by atoms with E-state index in [1.54, 1.807) is 7.05 Å². The predicted molar refractivity (Wildman–Crippen MR) is 120 cm³/mol. The lowest BCUT2D eigenvalue weighted by atomic mass is 10.0. The largest absolute Gasteiger partial charge is 0.379 e. The molecule has 31 heavy (non-hydrogen) atoms. The topological polar surface area (TPSA) is 66.2 Å². The summed E-state index contributed by atoms with van der Waals surface area (Å²) in [5.41, 5.74) is 3.07. The molecule has 1 fully saturated rings. The Morgan fingerprint density at radius 3 is 2.71 bits per heavy atom. The van der Waals surface area contributed by atoms with Gasteiger partial charge in [0.15, 0.2) is 5.96 Å². The van der Waals surface area contributed by atoms with Crippen LogP contribution in [0.1, 0.15) is 17.3 Å². The monoisotopic (exact) mass is 424 g/mol. The molecule has 0 amide bonds. The maximum atomic E-state index is 13.4. The summed E-state index contributed by atoms with van der Waals surface area (Å²) < 4.78 is 21.0. The van der Waals surface area contributed by atoms with Crippen molar-refractivity contribution in [2.75, 3.05) is 46.4 Å². The van der Waals surface area contributed by atoms with Gasteiger partial charge in [-0.15, -0.1) is 0 Å². The number of aromatic nitrogens is 2. The quantitative estimate of drug-likeness (QED) is 0.450. The van der Waals surface area contributed by atoms with Crippen LogP contribution in [0.25, 0.3) is 5.65 Å². The van der Waals surface area contributed by atoms with Crippen molar-refractivity contribution in [2.45, 2.75) is 12.5 Å². The number of pyridine rings is 1. The number of fused-ring (bicyclic) bond motifs is 1. The van der Waals surface area contributed by atoms with Gasteiger partial charge in [0.1, 0.15) is 11.5 Å². The van der Waals surface area contributed by atoms with Crippen LogP contribution in [0, 0.1) is 5.82 Å². The molecular weight excluding hydrogens is 395 g/mol. The summed E-state index contributed by atoms with van der Waals surface area (Å²) in [6, 6.07) is 12.8. The number of guanidine groups is 1. The van der Waals surface area contributed by atoms with Gasteiger partial charge in [-0.25, -0.2) is 9.37 Å². The number of aliphatic imine (C=N–C) groups is 1. The Hall–Kier alpha value is -2.97. The zero-order chi connectivity index (χ0) is 21.5. The first-order valence-electron chi connectivity index (χ1n) is 10.7. The molecule has 8 heteroatoms. The fourth-order valence-corrected chi connectivity index (χ4v) is 3.86. The highest BCUT2D eigenvalue weighted by molar-refractivity contribution is 5.79. The van der Waals surface area contributed by atoms with Crippen molar-refractivity contribution < 1.29 is 9.13 Å². The Balaban J connectivity index is 1.33. The molecule has 1 atom stereocenters. The minimum atomic E-state index is -0.221. The van der Waals surface area contributed by atoms with E-state index in [9.17, 15) is 4.39 Å². The van der Waals surface area contributed by atoms with Crippen molar-refractivity contribution in [3.05, 3.63) is 71.9 Å². The molecule has 2 N–H and O–H groups in total. The second-order valence-corrected chi connectivity index (χ2v) is 7.54. The SMILES string of the molecule is CN=C(NCCc1cn2ccccc2n1)NCC(c1ccc(F)cc1)N1CCOCC1.